The van der Waals surface area contributed by atoms with Crippen molar-refractivity contribution in [1.82, 2.24) is 8.83 Å². The van der Waals surface area contributed by atoms with E-state index in [2.05, 4.69) is 16.1 Å². The summed E-state index contributed by atoms with van der Waals surface area (Å²) < 4.78 is 33.1. The molecule has 20 heavy (non-hydrogen) atoms. The maximum absolute atomic E-state index is 10.9. The normalized spacial score (nSPS) is 19.3. The second kappa shape index (κ2) is 7.42. The third kappa shape index (κ3) is 7.28. The van der Waals surface area contributed by atoms with E-state index < -0.39 is 40.8 Å². The van der Waals surface area contributed by atoms with Crippen molar-refractivity contribution >= 4 is 38.5 Å². The molecule has 4 N–H and O–H groups in total. The van der Waals surface area contributed by atoms with E-state index in [1.165, 1.54) is 3.93 Å². The maximum atomic E-state index is 10.9. The molecule has 1 aliphatic heterocycles. The number of hydrogen-bond donors (Lipinski definition) is 4. The van der Waals surface area contributed by atoms with Crippen LogP contribution in [0, 0.1) is 5.92 Å². The zero-order valence-corrected chi connectivity index (χ0v) is 12.5. The van der Waals surface area contributed by atoms with E-state index >= 15 is 0 Å². The van der Waals surface area contributed by atoms with Gasteiger partial charge in [-0.1, -0.05) is 0 Å². The van der Waals surface area contributed by atoms with Gasteiger partial charge in [-0.05, 0) is 0 Å². The molecule has 116 valence electrons. The van der Waals surface area contributed by atoms with Crippen LogP contribution in [0.5, 0.6) is 0 Å². The van der Waals surface area contributed by atoms with Gasteiger partial charge in [0.2, 0.25) is 0 Å². The first-order chi connectivity index (χ1) is 8.93. The summed E-state index contributed by atoms with van der Waals surface area (Å²) >= 11 is 3.15. The van der Waals surface area contributed by atoms with Crippen molar-refractivity contribution in [2.75, 3.05) is 7.05 Å². The van der Waals surface area contributed by atoms with Crippen LogP contribution in [-0.2, 0) is 20.0 Å². The first-order valence-corrected chi connectivity index (χ1v) is 7.03. The number of halogens is 1. The van der Waals surface area contributed by atoms with Crippen LogP contribution in [0.3, 0.4) is 0 Å². The molecule has 10 nitrogen and oxygen atoms in total. The maximum Gasteiger partial charge on any atom is 0.394 e. The van der Waals surface area contributed by atoms with Gasteiger partial charge in [-0.25, -0.2) is 0 Å². The molecule has 0 bridgehead atoms. The highest BCUT2D eigenvalue weighted by atomic mass is 79.9. The molecule has 1 heterocycles. The van der Waals surface area contributed by atoms with Crippen LogP contribution in [0.25, 0.3) is 0 Å². The highest BCUT2D eigenvalue weighted by molar-refractivity contribution is 9.07. The smallest absolute Gasteiger partial charge is 0.394 e. The highest BCUT2D eigenvalue weighted by Crippen LogP contribution is 2.26. The van der Waals surface area contributed by atoms with Gasteiger partial charge in [0, 0.05) is 19.4 Å². The molecule has 0 amide bonds. The third-order valence-corrected chi connectivity index (χ3v) is 2.84. The molecule has 0 aromatic carbocycles. The molecule has 12 heteroatoms. The van der Waals surface area contributed by atoms with E-state index in [4.69, 9.17) is 27.7 Å². The summed E-state index contributed by atoms with van der Waals surface area (Å²) in [5, 5.41) is 17.6. The van der Waals surface area contributed by atoms with E-state index in [9.17, 15) is 9.59 Å². The van der Waals surface area contributed by atoms with Gasteiger partial charge in [0.1, 0.15) is 12.1 Å². The Balaban J connectivity index is 0.000000621. The first kappa shape index (κ1) is 18.6. The number of carboxylic acids is 2. The van der Waals surface area contributed by atoms with Crippen LogP contribution in [-0.4, -0.2) is 61.7 Å². The summed E-state index contributed by atoms with van der Waals surface area (Å²) in [5.74, 6) is -3.23. The van der Waals surface area contributed by atoms with Gasteiger partial charge in [-0.3, -0.25) is 22.6 Å². The third-order valence-electron chi connectivity index (χ3n) is 2.19. The van der Waals surface area contributed by atoms with Crippen molar-refractivity contribution in [2.24, 2.45) is 5.92 Å². The Bertz CT molecular complexity index is 473. The van der Waals surface area contributed by atoms with Crippen molar-refractivity contribution in [2.45, 2.75) is 12.6 Å². The Hall–Kier alpha value is -1.37. The van der Waals surface area contributed by atoms with Crippen LogP contribution in [0.15, 0.2) is 12.4 Å². The number of carboxylic acid groups (broad SMARTS) is 2. The Labute approximate surface area is 123 Å². The number of carbonyl (C=O) groups is 2. The van der Waals surface area contributed by atoms with Gasteiger partial charge in [-0.2, -0.15) is 8.42 Å². The fourth-order valence-corrected chi connectivity index (χ4v) is 2.16. The van der Waals surface area contributed by atoms with Crippen LogP contribution in [0.1, 0.15) is 6.42 Å². The molecule has 1 rings (SSSR count). The lowest BCUT2D eigenvalue weighted by molar-refractivity contribution is -0.151. The summed E-state index contributed by atoms with van der Waals surface area (Å²) in [6, 6.07) is 0. The van der Waals surface area contributed by atoms with Gasteiger partial charge < -0.3 is 15.1 Å². The molecule has 0 saturated heterocycles. The molecule has 0 fully saturated rings. The summed E-state index contributed by atoms with van der Waals surface area (Å²) in [7, 11) is -2.97. The summed E-state index contributed by atoms with van der Waals surface area (Å²) in [5.41, 5.74) is 0. The Morgan fingerprint density at radius 3 is 2.00 bits per heavy atom. The van der Waals surface area contributed by atoms with E-state index in [-0.39, 0.29) is 0 Å². The van der Waals surface area contributed by atoms with Crippen molar-refractivity contribution in [3.05, 3.63) is 12.4 Å². The van der Waals surface area contributed by atoms with Crippen LogP contribution < -0.4 is 0 Å². The lowest BCUT2D eigenvalue weighted by Crippen LogP contribution is -2.43. The fourth-order valence-electron chi connectivity index (χ4n) is 1.48. The molecular formula is C8H13BrN2O8S. The standard InChI is InChI=1S/C8H11BrN2O4.H2O4S/c1-10-2-3-11(9)7(10)5(8(14)15)4-6(12)13;1-5(2,3)4/h2-3,5,7H,4H2,1H3,(H,12,13)(H,14,15);(H2,1,2,3,4). The molecule has 0 radical (unpaired) electrons. The monoisotopic (exact) mass is 376 g/mol. The minimum absolute atomic E-state index is 0.409. The molecule has 0 aromatic heterocycles. The van der Waals surface area contributed by atoms with E-state index in [0.29, 0.717) is 0 Å². The first-order valence-electron chi connectivity index (χ1n) is 4.92. The minimum Gasteiger partial charge on any atom is -0.481 e. The van der Waals surface area contributed by atoms with E-state index in [1.807, 2.05) is 0 Å². The van der Waals surface area contributed by atoms with Crippen molar-refractivity contribution in [3.8, 4) is 0 Å². The van der Waals surface area contributed by atoms with Gasteiger partial charge in [0.25, 0.3) is 0 Å². The largest absolute Gasteiger partial charge is 0.481 e. The lowest BCUT2D eigenvalue weighted by atomic mass is 10.0. The topological polar surface area (TPSA) is 156 Å². The second-order valence-electron chi connectivity index (χ2n) is 3.71. The quantitative estimate of drug-likeness (QED) is 0.384. The van der Waals surface area contributed by atoms with Crippen molar-refractivity contribution in [1.29, 1.82) is 0 Å². The molecule has 2 atom stereocenters. The molecule has 2 unspecified atom stereocenters. The highest BCUT2D eigenvalue weighted by Gasteiger charge is 2.37. The van der Waals surface area contributed by atoms with Crippen molar-refractivity contribution < 1.29 is 37.3 Å². The van der Waals surface area contributed by atoms with Crippen molar-refractivity contribution in [3.63, 3.8) is 0 Å². The Morgan fingerprint density at radius 1 is 1.30 bits per heavy atom. The number of hydrogen-bond acceptors (Lipinski definition) is 6. The van der Waals surface area contributed by atoms with E-state index in [1.54, 1.807) is 24.3 Å². The predicted octanol–water partition coefficient (Wildman–Crippen LogP) is -0.136. The van der Waals surface area contributed by atoms with Crippen LogP contribution >= 0.6 is 16.1 Å². The lowest BCUT2D eigenvalue weighted by Gasteiger charge is -2.30. The van der Waals surface area contributed by atoms with E-state index in [0.717, 1.165) is 0 Å². The molecule has 0 aromatic rings. The van der Waals surface area contributed by atoms with Gasteiger partial charge in [-0.15, -0.1) is 0 Å². The predicted molar refractivity (Wildman–Crippen MR) is 69.0 cm³/mol. The Morgan fingerprint density at radius 2 is 1.75 bits per heavy atom. The Kier molecular flexibility index (Phi) is 6.91. The zero-order valence-electron chi connectivity index (χ0n) is 10.1. The summed E-state index contributed by atoms with van der Waals surface area (Å²) in [6.45, 7) is 0. The average molecular weight is 377 g/mol. The van der Waals surface area contributed by atoms with Gasteiger partial charge in [0.15, 0.2) is 0 Å². The van der Waals surface area contributed by atoms with Gasteiger partial charge in [0.05, 0.1) is 22.6 Å². The van der Waals surface area contributed by atoms with Gasteiger partial charge >= 0.3 is 22.3 Å². The number of nitrogens with zero attached hydrogens (tertiary/aromatic N) is 2. The van der Waals surface area contributed by atoms with Crippen LogP contribution in [0.2, 0.25) is 0 Å². The fraction of sp³-hybridized carbons (Fsp3) is 0.500. The molecule has 0 aliphatic carbocycles. The molecule has 1 aliphatic rings. The molecule has 0 spiro atoms. The second-order valence-corrected chi connectivity index (χ2v) is 5.43. The SMILES string of the molecule is CN1C=CN(Br)C1C(CC(=O)O)C(=O)O.O=S(=O)(O)O. The van der Waals surface area contributed by atoms with Crippen LogP contribution in [0.4, 0.5) is 0 Å². The zero-order chi connectivity index (χ0) is 16.1. The minimum atomic E-state index is -4.67. The number of rotatable bonds is 4. The molecular weight excluding hydrogens is 364 g/mol. The molecule has 0 saturated carbocycles. The summed E-state index contributed by atoms with van der Waals surface area (Å²) in [4.78, 5) is 23.1. The average Bonchev–Trinajstić information content (AvgIpc) is 2.52. The summed E-state index contributed by atoms with van der Waals surface area (Å²) in [6.07, 6.45) is 2.40. The number of aliphatic carboxylic acids is 2.